The largest absolute Gasteiger partial charge is 0.318 e. The summed E-state index contributed by atoms with van der Waals surface area (Å²) in [6.07, 6.45) is 3.10. The van der Waals surface area contributed by atoms with E-state index in [0.717, 1.165) is 31.0 Å². The zero-order chi connectivity index (χ0) is 12.7. The molecule has 0 aliphatic heterocycles. The van der Waals surface area contributed by atoms with Crippen molar-refractivity contribution in [3.8, 4) is 0 Å². The number of rotatable bonds is 2. The summed E-state index contributed by atoms with van der Waals surface area (Å²) >= 11 is 1.51. The van der Waals surface area contributed by atoms with Crippen molar-refractivity contribution in [1.82, 2.24) is 4.98 Å². The fourth-order valence-corrected chi connectivity index (χ4v) is 3.41. The van der Waals surface area contributed by atoms with Gasteiger partial charge in [-0.1, -0.05) is 12.1 Å². The Hall–Kier alpha value is -1.33. The van der Waals surface area contributed by atoms with Crippen LogP contribution in [0.15, 0.2) is 18.2 Å². The molecule has 1 heterocycles. The molecule has 1 aromatic heterocycles. The van der Waals surface area contributed by atoms with Crippen LogP contribution in [0.25, 0.3) is 0 Å². The van der Waals surface area contributed by atoms with Crippen molar-refractivity contribution >= 4 is 11.3 Å². The number of thiazole rings is 1. The summed E-state index contributed by atoms with van der Waals surface area (Å²) in [5.74, 6) is -1.74. The summed E-state index contributed by atoms with van der Waals surface area (Å²) in [4.78, 5) is 5.68. The van der Waals surface area contributed by atoms with Crippen LogP contribution >= 0.6 is 11.3 Å². The highest BCUT2D eigenvalue weighted by Crippen LogP contribution is 2.33. The molecular weight excluding hydrogens is 254 g/mol. The Morgan fingerprint density at radius 2 is 2.11 bits per heavy atom. The topological polar surface area (TPSA) is 38.9 Å². The number of nitrogens with zero attached hydrogens (tertiary/aromatic N) is 1. The number of hydrogen-bond donors (Lipinski definition) is 1. The fourth-order valence-electron chi connectivity index (χ4n) is 2.24. The van der Waals surface area contributed by atoms with Gasteiger partial charge in [0, 0.05) is 10.4 Å². The van der Waals surface area contributed by atoms with Crippen LogP contribution in [0.5, 0.6) is 0 Å². The molecule has 1 aliphatic carbocycles. The van der Waals surface area contributed by atoms with Crippen LogP contribution in [0.3, 0.4) is 0 Å². The lowest BCUT2D eigenvalue weighted by atomic mass is 10.1. The van der Waals surface area contributed by atoms with E-state index in [0.29, 0.717) is 5.01 Å². The van der Waals surface area contributed by atoms with E-state index in [1.807, 2.05) is 0 Å². The first-order chi connectivity index (χ1) is 8.66. The third-order valence-corrected chi connectivity index (χ3v) is 4.44. The van der Waals surface area contributed by atoms with Crippen molar-refractivity contribution in [2.45, 2.75) is 25.3 Å². The lowest BCUT2D eigenvalue weighted by molar-refractivity contribution is 0.494. The minimum atomic E-state index is -0.875. The number of nitrogens with two attached hydrogens (primary N) is 1. The molecule has 2 N–H and O–H groups in total. The minimum Gasteiger partial charge on any atom is -0.318 e. The molecule has 0 bridgehead atoms. The van der Waals surface area contributed by atoms with Gasteiger partial charge >= 0.3 is 0 Å². The van der Waals surface area contributed by atoms with Gasteiger partial charge in [0.25, 0.3) is 0 Å². The Morgan fingerprint density at radius 3 is 2.89 bits per heavy atom. The highest BCUT2D eigenvalue weighted by molar-refractivity contribution is 7.11. The van der Waals surface area contributed by atoms with Gasteiger partial charge < -0.3 is 5.73 Å². The van der Waals surface area contributed by atoms with Gasteiger partial charge in [-0.15, -0.1) is 11.3 Å². The number of benzene rings is 1. The average molecular weight is 266 g/mol. The number of fused-ring (bicyclic) bond motifs is 1. The van der Waals surface area contributed by atoms with Gasteiger partial charge in [0.1, 0.15) is 5.01 Å². The molecule has 18 heavy (non-hydrogen) atoms. The van der Waals surface area contributed by atoms with Crippen LogP contribution in [0.4, 0.5) is 8.78 Å². The van der Waals surface area contributed by atoms with Gasteiger partial charge in [0.05, 0.1) is 11.7 Å². The molecule has 5 heteroatoms. The lowest BCUT2D eigenvalue weighted by Crippen LogP contribution is -2.14. The average Bonchev–Trinajstić information content (AvgIpc) is 2.92. The Kier molecular flexibility index (Phi) is 2.87. The van der Waals surface area contributed by atoms with E-state index >= 15 is 0 Å². The molecule has 1 atom stereocenters. The maximum atomic E-state index is 13.7. The summed E-state index contributed by atoms with van der Waals surface area (Å²) in [7, 11) is 0. The van der Waals surface area contributed by atoms with Gasteiger partial charge in [-0.25, -0.2) is 13.8 Å². The predicted molar refractivity (Wildman–Crippen MR) is 66.5 cm³/mol. The summed E-state index contributed by atoms with van der Waals surface area (Å²) in [6.45, 7) is 0. The Labute approximate surface area is 107 Å². The number of hydrogen-bond acceptors (Lipinski definition) is 3. The monoisotopic (exact) mass is 266 g/mol. The summed E-state index contributed by atoms with van der Waals surface area (Å²) < 4.78 is 26.8. The number of halogens is 2. The van der Waals surface area contributed by atoms with Crippen molar-refractivity contribution in [1.29, 1.82) is 0 Å². The van der Waals surface area contributed by atoms with Gasteiger partial charge in [0.2, 0.25) is 0 Å². The van der Waals surface area contributed by atoms with E-state index in [2.05, 4.69) is 4.98 Å². The second-order valence-electron chi connectivity index (χ2n) is 4.40. The molecule has 1 aromatic carbocycles. The Balaban J connectivity index is 1.98. The van der Waals surface area contributed by atoms with E-state index in [9.17, 15) is 8.78 Å². The second kappa shape index (κ2) is 4.40. The zero-order valence-electron chi connectivity index (χ0n) is 9.62. The third kappa shape index (κ3) is 1.83. The van der Waals surface area contributed by atoms with Crippen LogP contribution in [-0.2, 0) is 12.8 Å². The Morgan fingerprint density at radius 1 is 1.28 bits per heavy atom. The zero-order valence-corrected chi connectivity index (χ0v) is 10.4. The smallest absolute Gasteiger partial charge is 0.164 e. The lowest BCUT2D eigenvalue weighted by Gasteiger charge is -2.10. The quantitative estimate of drug-likeness (QED) is 0.907. The fraction of sp³-hybridized carbons (Fsp3) is 0.308. The van der Waals surface area contributed by atoms with Crippen LogP contribution < -0.4 is 5.73 Å². The van der Waals surface area contributed by atoms with Crippen molar-refractivity contribution in [3.63, 3.8) is 0 Å². The molecule has 0 amide bonds. The standard InChI is InChI=1S/C13H12F2N2S/c14-8-4-1-3-7(11(8)15)12(16)13-17-9-5-2-6-10(9)18-13/h1,3-4,12H,2,5-6,16H2. The van der Waals surface area contributed by atoms with E-state index in [1.54, 1.807) is 0 Å². The van der Waals surface area contributed by atoms with Gasteiger partial charge in [-0.3, -0.25) is 0 Å². The van der Waals surface area contributed by atoms with Crippen LogP contribution in [0.2, 0.25) is 0 Å². The summed E-state index contributed by atoms with van der Waals surface area (Å²) in [5.41, 5.74) is 7.23. The van der Waals surface area contributed by atoms with E-state index < -0.39 is 17.7 Å². The first kappa shape index (κ1) is 11.7. The molecule has 1 unspecified atom stereocenters. The highest BCUT2D eigenvalue weighted by atomic mass is 32.1. The molecule has 2 aromatic rings. The first-order valence-electron chi connectivity index (χ1n) is 5.85. The molecule has 94 valence electrons. The second-order valence-corrected chi connectivity index (χ2v) is 5.51. The first-order valence-corrected chi connectivity index (χ1v) is 6.66. The van der Waals surface area contributed by atoms with E-state index in [-0.39, 0.29) is 5.56 Å². The molecule has 2 nitrogen and oxygen atoms in total. The number of aryl methyl sites for hydroxylation is 2. The van der Waals surface area contributed by atoms with Crippen molar-refractivity contribution in [2.24, 2.45) is 5.73 Å². The third-order valence-electron chi connectivity index (χ3n) is 3.19. The molecule has 3 rings (SSSR count). The van der Waals surface area contributed by atoms with E-state index in [1.165, 1.54) is 28.3 Å². The molecule has 0 fully saturated rings. The molecular formula is C13H12F2N2S. The molecule has 0 spiro atoms. The Bertz CT molecular complexity index is 573. The van der Waals surface area contributed by atoms with Crippen LogP contribution in [0.1, 0.15) is 33.6 Å². The minimum absolute atomic E-state index is 0.169. The van der Waals surface area contributed by atoms with Gasteiger partial charge in [-0.2, -0.15) is 0 Å². The van der Waals surface area contributed by atoms with Crippen molar-refractivity contribution < 1.29 is 8.78 Å². The van der Waals surface area contributed by atoms with Crippen LogP contribution in [-0.4, -0.2) is 4.98 Å². The van der Waals surface area contributed by atoms with E-state index in [4.69, 9.17) is 5.73 Å². The summed E-state index contributed by atoms with van der Waals surface area (Å²) in [6, 6.07) is 3.38. The highest BCUT2D eigenvalue weighted by Gasteiger charge is 2.23. The maximum Gasteiger partial charge on any atom is 0.164 e. The molecule has 0 saturated carbocycles. The van der Waals surface area contributed by atoms with Gasteiger partial charge in [-0.05, 0) is 25.3 Å². The predicted octanol–water partition coefficient (Wildman–Crippen LogP) is 2.96. The molecule has 0 radical (unpaired) electrons. The maximum absolute atomic E-state index is 13.7. The SMILES string of the molecule is NC(c1nc2c(s1)CCC2)c1cccc(F)c1F. The molecule has 0 saturated heterocycles. The van der Waals surface area contributed by atoms with Crippen molar-refractivity contribution in [3.05, 3.63) is 51.0 Å². The summed E-state index contributed by atoms with van der Waals surface area (Å²) in [5, 5.41) is 0.671. The normalized spacial score (nSPS) is 15.7. The number of aromatic nitrogens is 1. The van der Waals surface area contributed by atoms with Crippen molar-refractivity contribution in [2.75, 3.05) is 0 Å². The molecule has 1 aliphatic rings. The van der Waals surface area contributed by atoms with Gasteiger partial charge in [0.15, 0.2) is 11.6 Å². The van der Waals surface area contributed by atoms with Crippen LogP contribution in [0, 0.1) is 11.6 Å².